The van der Waals surface area contributed by atoms with Crippen molar-refractivity contribution in [3.8, 4) is 0 Å². The van der Waals surface area contributed by atoms with Crippen LogP contribution in [0.1, 0.15) is 4.88 Å². The van der Waals surface area contributed by atoms with E-state index in [0.717, 1.165) is 9.02 Å². The average molecular weight is 239 g/mol. The molecule has 0 spiro atoms. The van der Waals surface area contributed by atoms with Crippen LogP contribution in [0.2, 0.25) is 0 Å². The van der Waals surface area contributed by atoms with Crippen molar-refractivity contribution in [2.75, 3.05) is 0 Å². The third-order valence-electron chi connectivity index (χ3n) is 2.02. The van der Waals surface area contributed by atoms with Crippen molar-refractivity contribution in [1.29, 1.82) is 0 Å². The molecule has 2 aromatic rings. The first-order valence-corrected chi connectivity index (χ1v) is 6.29. The number of rotatable bonds is 0. The second-order valence-electron chi connectivity index (χ2n) is 2.89. The van der Waals surface area contributed by atoms with Gasteiger partial charge in [-0.2, -0.15) is 0 Å². The molecule has 0 saturated carbocycles. The Hall–Kier alpha value is -0.480. The zero-order valence-corrected chi connectivity index (χ0v) is 9.65. The van der Waals surface area contributed by atoms with Crippen LogP contribution in [-0.2, 0) is 12.8 Å². The van der Waals surface area contributed by atoms with Crippen molar-refractivity contribution in [1.82, 2.24) is 4.98 Å². The summed E-state index contributed by atoms with van der Waals surface area (Å²) in [7, 11) is 0.529. The highest BCUT2D eigenvalue weighted by molar-refractivity contribution is 7.59. The number of hydrogen-bond donors (Lipinski definition) is 1. The Bertz CT molecular complexity index is 522. The fraction of sp³-hybridized carbons (Fsp3) is 0. The Morgan fingerprint density at radius 1 is 1.50 bits per heavy atom. The minimum atomic E-state index is 0.529. The number of nitrogens with one attached hydrogen (secondary N) is 1. The van der Waals surface area contributed by atoms with E-state index >= 15 is 0 Å². The number of fused-ring (bicyclic) bond motifs is 3. The van der Waals surface area contributed by atoms with E-state index in [1.165, 1.54) is 15.6 Å². The third kappa shape index (κ3) is 1.28. The molecule has 1 aliphatic heterocycles. The van der Waals surface area contributed by atoms with Gasteiger partial charge < -0.3 is 17.0 Å². The van der Waals surface area contributed by atoms with Crippen LogP contribution < -0.4 is 9.49 Å². The lowest BCUT2D eigenvalue weighted by atomic mass is 10.3. The lowest BCUT2D eigenvalue weighted by Crippen LogP contribution is -2.95. The quantitative estimate of drug-likeness (QED) is 0.526. The largest absolute Gasteiger partial charge is 0.462 e. The van der Waals surface area contributed by atoms with Gasteiger partial charge >= 0.3 is 0 Å². The molecule has 6 heteroatoms. The highest BCUT2D eigenvalue weighted by atomic mass is 32.1. The van der Waals surface area contributed by atoms with Crippen LogP contribution in [0.15, 0.2) is 23.4 Å². The van der Waals surface area contributed by atoms with Gasteiger partial charge in [0.1, 0.15) is 13.6 Å². The molecule has 14 heavy (non-hydrogen) atoms. The van der Waals surface area contributed by atoms with Gasteiger partial charge in [0.05, 0.1) is 16.4 Å². The summed E-state index contributed by atoms with van der Waals surface area (Å²) < 4.78 is 0.793. The molecule has 3 rings (SSSR count). The first kappa shape index (κ1) is 8.80. The van der Waals surface area contributed by atoms with Crippen LogP contribution in [0.5, 0.6) is 0 Å². The molecule has 3 nitrogen and oxygen atoms in total. The van der Waals surface area contributed by atoms with Crippen LogP contribution >= 0.6 is 20.1 Å². The standard InChI is InChI=1S/C8H6N3PS2/c13-11-10-4-6-7(12-11)5-2-1-3-9-8(5)14-6/h1-4,11-12H. The van der Waals surface area contributed by atoms with Gasteiger partial charge in [0.15, 0.2) is 0 Å². The summed E-state index contributed by atoms with van der Waals surface area (Å²) in [5.74, 6) is 0. The van der Waals surface area contributed by atoms with Crippen LogP contribution in [-0.4, -0.2) is 11.2 Å². The summed E-state index contributed by atoms with van der Waals surface area (Å²) >= 11 is 6.80. The average Bonchev–Trinajstić information content (AvgIpc) is 2.56. The van der Waals surface area contributed by atoms with Crippen LogP contribution in [0.4, 0.5) is 0 Å². The molecule has 1 N–H and O–H groups in total. The first-order valence-electron chi connectivity index (χ1n) is 4.07. The van der Waals surface area contributed by atoms with Gasteiger partial charge in [-0.25, -0.2) is 4.98 Å². The topological polar surface area (TPSA) is 29.7 Å². The molecule has 2 unspecified atom stereocenters. The van der Waals surface area contributed by atoms with E-state index in [4.69, 9.17) is 12.8 Å². The fourth-order valence-electron chi connectivity index (χ4n) is 1.43. The van der Waals surface area contributed by atoms with Crippen LogP contribution in [0.25, 0.3) is 10.2 Å². The zero-order valence-electron chi connectivity index (χ0n) is 7.02. The van der Waals surface area contributed by atoms with E-state index in [1.807, 2.05) is 18.5 Å². The summed E-state index contributed by atoms with van der Waals surface area (Å²) in [5, 5.41) is 6.72. The number of aromatic nitrogens is 1. The smallest absolute Gasteiger partial charge is 0.131 e. The van der Waals surface area contributed by atoms with Crippen molar-refractivity contribution in [3.63, 3.8) is 0 Å². The minimum Gasteiger partial charge on any atom is -0.462 e. The molecule has 0 fully saturated rings. The van der Waals surface area contributed by atoms with Crippen LogP contribution in [0.3, 0.4) is 0 Å². The summed E-state index contributed by atoms with van der Waals surface area (Å²) in [6, 6.07) is 4.07. The van der Waals surface area contributed by atoms with Crippen molar-refractivity contribution in [3.05, 3.63) is 23.2 Å². The lowest BCUT2D eigenvalue weighted by Gasteiger charge is -2.18. The van der Waals surface area contributed by atoms with Gasteiger partial charge in [0.2, 0.25) is 0 Å². The maximum Gasteiger partial charge on any atom is 0.131 e. The molecule has 0 bridgehead atoms. The lowest BCUT2D eigenvalue weighted by molar-refractivity contribution is -0.603. The number of hydrogen-bond acceptors (Lipinski definition) is 4. The molecule has 1 aliphatic rings. The predicted molar refractivity (Wildman–Crippen MR) is 63.5 cm³/mol. The Morgan fingerprint density at radius 2 is 2.43 bits per heavy atom. The molecule has 0 radical (unpaired) electrons. The summed E-state index contributed by atoms with van der Waals surface area (Å²) in [5.41, 5.74) is 0. The highest BCUT2D eigenvalue weighted by Gasteiger charge is 2.17. The minimum absolute atomic E-state index is 0.529. The fourth-order valence-corrected chi connectivity index (χ4v) is 3.97. The molecular weight excluding hydrogens is 233 g/mol. The molecule has 0 aliphatic carbocycles. The third-order valence-corrected chi connectivity index (χ3v) is 4.80. The summed E-state index contributed by atoms with van der Waals surface area (Å²) in [6.45, 7) is 0. The number of quaternary nitrogens is 1. The maximum atomic E-state index is 5.11. The molecule has 0 amide bonds. The Labute approximate surface area is 92.2 Å². The van der Waals surface area contributed by atoms with E-state index in [9.17, 15) is 0 Å². The number of nitrogens with zero attached hydrogens (tertiary/aromatic N) is 2. The predicted octanol–water partition coefficient (Wildman–Crippen LogP) is 0.209. The Kier molecular flexibility index (Phi) is 2.06. The van der Waals surface area contributed by atoms with E-state index in [-0.39, 0.29) is 0 Å². The maximum absolute atomic E-state index is 5.11. The van der Waals surface area contributed by atoms with Gasteiger partial charge in [-0.15, -0.1) is 16.4 Å². The molecule has 2 aromatic heterocycles. The first-order chi connectivity index (χ1) is 6.84. The van der Waals surface area contributed by atoms with Gasteiger partial charge in [0, 0.05) is 11.6 Å². The normalized spacial score (nSPS) is 21.6. The van der Waals surface area contributed by atoms with Crippen molar-refractivity contribution < 1.29 is 4.18 Å². The molecule has 0 aromatic carbocycles. The van der Waals surface area contributed by atoms with Gasteiger partial charge in [0.25, 0.3) is 0 Å². The van der Waals surface area contributed by atoms with E-state index in [0.29, 0.717) is 8.73 Å². The van der Waals surface area contributed by atoms with Gasteiger partial charge in [-0.05, 0) is 12.1 Å². The second-order valence-corrected chi connectivity index (χ2v) is 5.89. The molecule has 70 valence electrons. The zero-order chi connectivity index (χ0) is 9.54. The Balaban J connectivity index is 2.32. The SMILES string of the molecule is [S-][NH+]1N=Cc2sc3ncccc3c2P1. The molecule has 2 atom stereocenters. The van der Waals surface area contributed by atoms with E-state index in [1.54, 1.807) is 11.3 Å². The number of thiophene rings is 1. The molecular formula is C8H6N3PS2. The van der Waals surface area contributed by atoms with Crippen molar-refractivity contribution in [2.45, 2.75) is 0 Å². The highest BCUT2D eigenvalue weighted by Crippen LogP contribution is 2.25. The van der Waals surface area contributed by atoms with Crippen molar-refractivity contribution in [2.24, 2.45) is 5.10 Å². The van der Waals surface area contributed by atoms with Crippen LogP contribution in [0, 0.1) is 0 Å². The Morgan fingerprint density at radius 3 is 3.36 bits per heavy atom. The molecule has 3 heterocycles. The van der Waals surface area contributed by atoms with Crippen molar-refractivity contribution >= 4 is 54.6 Å². The summed E-state index contributed by atoms with van der Waals surface area (Å²) in [6.07, 6.45) is 3.68. The monoisotopic (exact) mass is 239 g/mol. The van der Waals surface area contributed by atoms with E-state index < -0.39 is 0 Å². The molecule has 0 saturated heterocycles. The van der Waals surface area contributed by atoms with Gasteiger partial charge in [-0.3, -0.25) is 0 Å². The van der Waals surface area contributed by atoms with E-state index in [2.05, 4.69) is 16.2 Å². The van der Waals surface area contributed by atoms with Gasteiger partial charge in [-0.1, -0.05) is 0 Å². The second kappa shape index (κ2) is 3.28. The summed E-state index contributed by atoms with van der Waals surface area (Å²) in [4.78, 5) is 6.63. The number of pyridine rings is 1.